The summed E-state index contributed by atoms with van der Waals surface area (Å²) in [6.45, 7) is 1.86. The van der Waals surface area contributed by atoms with Gasteiger partial charge in [0.05, 0.1) is 4.92 Å². The normalized spacial score (nSPS) is 12.6. The van der Waals surface area contributed by atoms with Crippen LogP contribution in [0.25, 0.3) is 12.2 Å². The lowest BCUT2D eigenvalue weighted by Gasteiger charge is -1.94. The van der Waals surface area contributed by atoms with E-state index in [-0.39, 0.29) is 21.9 Å². The zero-order valence-electron chi connectivity index (χ0n) is 11.3. The van der Waals surface area contributed by atoms with Crippen molar-refractivity contribution in [2.24, 2.45) is 0 Å². The van der Waals surface area contributed by atoms with Crippen LogP contribution in [0.2, 0.25) is 0 Å². The minimum absolute atomic E-state index is 0.0394. The number of non-ortho nitro benzene ring substituents is 1. The Hall–Kier alpha value is -2.96. The molecule has 0 fully saturated rings. The van der Waals surface area contributed by atoms with E-state index in [2.05, 4.69) is 9.97 Å². The molecule has 0 aliphatic rings. The Morgan fingerprint density at radius 1 is 1.10 bits per heavy atom. The summed E-state index contributed by atoms with van der Waals surface area (Å²) < 4.78 is 0. The molecule has 0 aliphatic heterocycles. The molecular formula is C14H13N3O4. The fourth-order valence-corrected chi connectivity index (χ4v) is 1.80. The van der Waals surface area contributed by atoms with Crippen LogP contribution in [-0.2, 0) is 0 Å². The molecule has 2 rings (SSSR count). The molecule has 7 nitrogen and oxygen atoms in total. The Morgan fingerprint density at radius 2 is 1.67 bits per heavy atom. The Kier molecular flexibility index (Phi) is 4.13. The second-order valence-electron chi connectivity index (χ2n) is 4.34. The Labute approximate surface area is 118 Å². The van der Waals surface area contributed by atoms with E-state index >= 15 is 0 Å². The van der Waals surface area contributed by atoms with Crippen molar-refractivity contribution >= 4 is 17.8 Å². The van der Waals surface area contributed by atoms with Gasteiger partial charge in [-0.05, 0) is 30.2 Å². The van der Waals surface area contributed by atoms with Crippen molar-refractivity contribution in [3.8, 4) is 0 Å². The van der Waals surface area contributed by atoms with E-state index < -0.39 is 10.5 Å². The van der Waals surface area contributed by atoms with E-state index in [4.69, 9.17) is 0 Å². The molecule has 0 atom stereocenters. The van der Waals surface area contributed by atoms with Crippen LogP contribution in [-0.4, -0.2) is 14.9 Å². The van der Waals surface area contributed by atoms with E-state index in [9.17, 15) is 19.7 Å². The average Bonchev–Trinajstić information content (AvgIpc) is 2.45. The number of nitrogens with one attached hydrogen (secondary N) is 2. The number of aromatic amines is 2. The van der Waals surface area contributed by atoms with Gasteiger partial charge in [-0.15, -0.1) is 0 Å². The second-order valence-corrected chi connectivity index (χ2v) is 4.34. The highest BCUT2D eigenvalue weighted by Crippen LogP contribution is 2.11. The number of nitrogens with zero attached hydrogens (tertiary/aromatic N) is 1. The summed E-state index contributed by atoms with van der Waals surface area (Å²) in [6.07, 6.45) is 3.71. The number of nitro groups is 1. The maximum Gasteiger partial charge on any atom is 0.272 e. The smallest absolute Gasteiger partial charge is 0.272 e. The molecule has 0 saturated heterocycles. The Balaban J connectivity index is 2.54. The summed E-state index contributed by atoms with van der Waals surface area (Å²) in [4.78, 5) is 38.7. The number of nitro benzene ring substituents is 1. The van der Waals surface area contributed by atoms with Crippen molar-refractivity contribution in [2.45, 2.75) is 13.3 Å². The molecule has 1 heterocycles. The third kappa shape index (κ3) is 3.33. The lowest BCUT2D eigenvalue weighted by atomic mass is 10.2. The van der Waals surface area contributed by atoms with E-state index in [1.54, 1.807) is 6.08 Å². The first-order valence-corrected chi connectivity index (χ1v) is 6.30. The van der Waals surface area contributed by atoms with Crippen molar-refractivity contribution in [2.75, 3.05) is 0 Å². The number of benzene rings is 1. The van der Waals surface area contributed by atoms with Gasteiger partial charge in [0.15, 0.2) is 0 Å². The molecular weight excluding hydrogens is 274 g/mol. The maximum atomic E-state index is 11.9. The van der Waals surface area contributed by atoms with Crippen LogP contribution in [0.4, 0.5) is 5.69 Å². The molecule has 21 heavy (non-hydrogen) atoms. The number of aromatic nitrogens is 2. The van der Waals surface area contributed by atoms with E-state index in [1.165, 1.54) is 30.3 Å². The second kappa shape index (κ2) is 6.00. The quantitative estimate of drug-likeness (QED) is 0.611. The number of rotatable bonds is 3. The molecule has 0 aliphatic carbocycles. The fraction of sp³-hybridized carbons (Fsp3) is 0.143. The first-order chi connectivity index (χ1) is 10.0. The van der Waals surface area contributed by atoms with Crippen LogP contribution >= 0.6 is 0 Å². The molecule has 0 amide bonds. The molecule has 2 N–H and O–H groups in total. The summed E-state index contributed by atoms with van der Waals surface area (Å²) >= 11 is 0. The van der Waals surface area contributed by atoms with Gasteiger partial charge < -0.3 is 9.97 Å². The van der Waals surface area contributed by atoms with Gasteiger partial charge in [0.1, 0.15) is 10.7 Å². The molecule has 7 heteroatoms. The summed E-state index contributed by atoms with van der Waals surface area (Å²) in [7, 11) is 0. The van der Waals surface area contributed by atoms with E-state index in [0.29, 0.717) is 12.0 Å². The van der Waals surface area contributed by atoms with Gasteiger partial charge in [-0.25, -0.2) is 0 Å². The SMILES string of the molecule is CC/C=c1/[nH]c(=O)/c(=C\c2ccc([N+](=O)[O-])cc2)[nH]c1=O. The monoisotopic (exact) mass is 287 g/mol. The van der Waals surface area contributed by atoms with Gasteiger partial charge in [0.2, 0.25) is 0 Å². The summed E-state index contributed by atoms with van der Waals surface area (Å²) in [6, 6.07) is 5.67. The van der Waals surface area contributed by atoms with Crippen molar-refractivity contribution in [3.63, 3.8) is 0 Å². The van der Waals surface area contributed by atoms with Crippen molar-refractivity contribution in [3.05, 3.63) is 71.3 Å². The van der Waals surface area contributed by atoms with Crippen molar-refractivity contribution in [1.29, 1.82) is 0 Å². The lowest BCUT2D eigenvalue weighted by Crippen LogP contribution is -2.46. The predicted octanol–water partition coefficient (Wildman–Crippen LogP) is -0.00930. The first-order valence-electron chi connectivity index (χ1n) is 6.30. The molecule has 108 valence electrons. The van der Waals surface area contributed by atoms with Crippen molar-refractivity contribution in [1.82, 2.24) is 9.97 Å². The first kappa shape index (κ1) is 14.4. The predicted molar refractivity (Wildman–Crippen MR) is 78.4 cm³/mol. The molecule has 1 aromatic carbocycles. The van der Waals surface area contributed by atoms with Gasteiger partial charge in [-0.2, -0.15) is 0 Å². The maximum absolute atomic E-state index is 11.9. The molecule has 0 spiro atoms. The highest BCUT2D eigenvalue weighted by atomic mass is 16.6. The largest absolute Gasteiger partial charge is 0.316 e. The summed E-state index contributed by atoms with van der Waals surface area (Å²) in [5.74, 6) is 0. The molecule has 2 aromatic rings. The van der Waals surface area contributed by atoms with Crippen molar-refractivity contribution < 1.29 is 4.92 Å². The van der Waals surface area contributed by atoms with Crippen LogP contribution in [0, 0.1) is 10.1 Å². The third-order valence-electron chi connectivity index (χ3n) is 2.81. The van der Waals surface area contributed by atoms with Crippen LogP contribution < -0.4 is 21.8 Å². The number of hydrogen-bond acceptors (Lipinski definition) is 4. The van der Waals surface area contributed by atoms with Gasteiger partial charge in [-0.1, -0.05) is 13.0 Å². The third-order valence-corrected chi connectivity index (χ3v) is 2.81. The van der Waals surface area contributed by atoms with Crippen LogP contribution in [0.5, 0.6) is 0 Å². The summed E-state index contributed by atoms with van der Waals surface area (Å²) in [5.41, 5.74) is -0.270. The molecule has 0 saturated carbocycles. The number of hydrogen-bond donors (Lipinski definition) is 2. The minimum Gasteiger partial charge on any atom is -0.316 e. The van der Waals surface area contributed by atoms with Crippen LogP contribution in [0.15, 0.2) is 33.9 Å². The van der Waals surface area contributed by atoms with Gasteiger partial charge in [0, 0.05) is 12.1 Å². The van der Waals surface area contributed by atoms with Gasteiger partial charge in [0.25, 0.3) is 16.8 Å². The Bertz CT molecular complexity index is 892. The molecule has 1 aromatic heterocycles. The lowest BCUT2D eigenvalue weighted by molar-refractivity contribution is -0.384. The van der Waals surface area contributed by atoms with E-state index in [1.807, 2.05) is 6.92 Å². The van der Waals surface area contributed by atoms with Crippen LogP contribution in [0.1, 0.15) is 18.9 Å². The zero-order valence-corrected chi connectivity index (χ0v) is 11.3. The minimum atomic E-state index is -0.506. The fourth-order valence-electron chi connectivity index (χ4n) is 1.80. The zero-order chi connectivity index (χ0) is 15.4. The van der Waals surface area contributed by atoms with Gasteiger partial charge >= 0.3 is 0 Å². The van der Waals surface area contributed by atoms with E-state index in [0.717, 1.165) is 0 Å². The molecule has 0 radical (unpaired) electrons. The summed E-state index contributed by atoms with van der Waals surface area (Å²) in [5, 5.41) is 10.9. The average molecular weight is 287 g/mol. The van der Waals surface area contributed by atoms with Crippen LogP contribution in [0.3, 0.4) is 0 Å². The molecule has 0 unspecified atom stereocenters. The highest BCUT2D eigenvalue weighted by molar-refractivity contribution is 5.50. The standard InChI is InChI=1S/C14H13N3O4/c1-2-3-11-13(18)16-12(14(19)15-11)8-9-4-6-10(7-5-9)17(20)21/h3-8H,2H2,1H3,(H,15,19)(H,16,18)/b11-3+,12-8+. The topological polar surface area (TPSA) is 109 Å². The highest BCUT2D eigenvalue weighted by Gasteiger charge is 2.03. The molecule has 0 bridgehead atoms. The number of H-pyrrole nitrogens is 2. The Morgan fingerprint density at radius 3 is 2.24 bits per heavy atom. The van der Waals surface area contributed by atoms with Gasteiger partial charge in [-0.3, -0.25) is 19.7 Å².